The van der Waals surface area contributed by atoms with E-state index in [0.717, 1.165) is 149 Å². The van der Waals surface area contributed by atoms with Crippen LogP contribution in [0.1, 0.15) is 118 Å². The highest BCUT2D eigenvalue weighted by Gasteiger charge is 2.37. The molecule has 0 unspecified atom stereocenters. The number of nitrogens with zero attached hydrogens (tertiary/aromatic N) is 2. The fourth-order valence-electron chi connectivity index (χ4n) is 9.68. The summed E-state index contributed by atoms with van der Waals surface area (Å²) in [5.41, 5.74) is 6.91. The number of carbonyl (C=O) groups excluding carboxylic acids is 2. The molecule has 1 N–H and O–H groups in total. The summed E-state index contributed by atoms with van der Waals surface area (Å²) in [4.78, 5) is 29.8. The Bertz CT molecular complexity index is 2240. The first kappa shape index (κ1) is 41.7. The van der Waals surface area contributed by atoms with Gasteiger partial charge >= 0.3 is 0 Å². The van der Waals surface area contributed by atoms with Crippen molar-refractivity contribution in [1.29, 1.82) is 0 Å². The van der Waals surface area contributed by atoms with Gasteiger partial charge in [0.2, 0.25) is 5.36 Å². The largest absolute Gasteiger partial charge is 0.545 e. The molecule has 3 aromatic carbocycles. The van der Waals surface area contributed by atoms with Crippen LogP contribution in [-0.4, -0.2) is 76.9 Å². The predicted octanol–water partition coefficient (Wildman–Crippen LogP) is 6.79. The van der Waals surface area contributed by atoms with Crippen LogP contribution in [0.4, 0.5) is 5.69 Å². The topological polar surface area (TPSA) is 103 Å². The van der Waals surface area contributed by atoms with Crippen molar-refractivity contribution in [2.75, 3.05) is 69.9 Å². The number of nitrogens with one attached hydrogen (secondary N) is 1. The summed E-state index contributed by atoms with van der Waals surface area (Å²) >= 11 is 26.8. The van der Waals surface area contributed by atoms with Crippen molar-refractivity contribution in [1.82, 2.24) is 9.89 Å². The molecule has 13 heteroatoms. The van der Waals surface area contributed by atoms with Crippen molar-refractivity contribution in [3.05, 3.63) is 82.3 Å². The average Bonchev–Trinajstić information content (AvgIpc) is 3.58. The molecule has 9 nitrogen and oxygen atoms in total. The first-order valence-corrected chi connectivity index (χ1v) is 22.8. The van der Waals surface area contributed by atoms with E-state index in [1.54, 1.807) is 0 Å². The molecule has 0 aromatic heterocycles. The minimum Gasteiger partial charge on any atom is -0.545 e. The molecule has 310 valence electrons. The van der Waals surface area contributed by atoms with Crippen molar-refractivity contribution >= 4 is 69.5 Å². The van der Waals surface area contributed by atoms with Crippen LogP contribution in [-0.2, 0) is 35.2 Å². The maximum atomic E-state index is 14.0. The molecule has 0 atom stereocenters. The van der Waals surface area contributed by atoms with Gasteiger partial charge in [0.1, 0.15) is 24.6 Å². The monoisotopic (exact) mass is 869 g/mol. The Balaban J connectivity index is 1.22. The third kappa shape index (κ3) is 8.08. The number of carbonyl (C=O) groups is 2. The number of alkyl halides is 1. The zero-order valence-corrected chi connectivity index (χ0v) is 36.0. The van der Waals surface area contributed by atoms with Crippen LogP contribution in [0.5, 0.6) is 11.5 Å². The number of hydrogen-bond acceptors (Lipinski definition) is 7. The molecule has 5 aliphatic heterocycles. The van der Waals surface area contributed by atoms with E-state index in [-0.39, 0.29) is 44.9 Å². The van der Waals surface area contributed by atoms with Gasteiger partial charge in [-0.1, -0.05) is 47.6 Å². The molecule has 1 amide bonds. The van der Waals surface area contributed by atoms with Crippen molar-refractivity contribution in [3.63, 3.8) is 0 Å². The molecule has 8 rings (SSSR count). The predicted molar refractivity (Wildman–Crippen MR) is 228 cm³/mol. The lowest BCUT2D eigenvalue weighted by atomic mass is 9.82. The Labute approximate surface area is 360 Å². The van der Waals surface area contributed by atoms with Gasteiger partial charge in [-0.05, 0) is 81.9 Å². The van der Waals surface area contributed by atoms with Gasteiger partial charge in [0.05, 0.1) is 52.0 Å². The molecule has 0 bridgehead atoms. The van der Waals surface area contributed by atoms with E-state index in [0.29, 0.717) is 31.3 Å². The summed E-state index contributed by atoms with van der Waals surface area (Å²) in [7, 11) is 0. The number of rotatable bonds is 15. The van der Waals surface area contributed by atoms with E-state index in [2.05, 4.69) is 26.9 Å². The molecule has 5 heterocycles. The first-order chi connectivity index (χ1) is 28.3. The fourth-order valence-corrected chi connectivity index (χ4v) is 10.8. The standard InChI is InChI=1S/C45H51Cl4N3O6/c46-15-5-1-2-8-21-56-23-24-57-22-16-50-44(53)36-37(47)34(35(45(54)55)38(48)39(36)49)33-31-25-27-11-9-19-51-17-6-3-13-29(40(27)51)42(31)58-43-30-14-4-7-18-52-20-10-12-28(41(30)52)26-32(33)43/h25-26H,1-24H2,(H-,50,53,54,55). The molecule has 3 aromatic rings. The summed E-state index contributed by atoms with van der Waals surface area (Å²) in [6, 6.07) is 4.32. The maximum Gasteiger partial charge on any atom is 0.254 e. The van der Waals surface area contributed by atoms with Crippen LogP contribution in [0.25, 0.3) is 5.57 Å². The van der Waals surface area contributed by atoms with E-state index in [4.69, 9.17) is 60.6 Å². The van der Waals surface area contributed by atoms with E-state index < -0.39 is 11.9 Å². The Morgan fingerprint density at radius 1 is 0.759 bits per heavy atom. The lowest BCUT2D eigenvalue weighted by Crippen LogP contribution is -2.41. The van der Waals surface area contributed by atoms with Gasteiger partial charge in [0, 0.05) is 89.3 Å². The second kappa shape index (κ2) is 18.7. The Morgan fingerprint density at radius 3 is 2.31 bits per heavy atom. The lowest BCUT2D eigenvalue weighted by molar-refractivity contribution is -0.255. The van der Waals surface area contributed by atoms with Crippen LogP contribution < -0.4 is 35.2 Å². The number of aryl methyl sites for hydroxylation is 2. The highest BCUT2D eigenvalue weighted by molar-refractivity contribution is 6.48. The van der Waals surface area contributed by atoms with E-state index >= 15 is 0 Å². The minimum absolute atomic E-state index is 0.0996. The quantitative estimate of drug-likeness (QED) is 0.0608. The number of aromatic carboxylic acids is 1. The zero-order chi connectivity index (χ0) is 40.3. The summed E-state index contributed by atoms with van der Waals surface area (Å²) in [5, 5.41) is 17.5. The molecule has 0 radical (unpaired) electrons. The molecular formula is C45H51Cl4N3O6. The first-order valence-electron chi connectivity index (χ1n) is 21.1. The second-order valence-electron chi connectivity index (χ2n) is 16.0. The number of fused-ring (bicyclic) bond motifs is 4. The number of halogens is 4. The van der Waals surface area contributed by atoms with Gasteiger partial charge in [0.25, 0.3) is 5.91 Å². The highest BCUT2D eigenvalue weighted by atomic mass is 35.5. The Kier molecular flexibility index (Phi) is 13.4. The van der Waals surface area contributed by atoms with Gasteiger partial charge in [-0.25, -0.2) is 4.58 Å². The molecule has 58 heavy (non-hydrogen) atoms. The smallest absolute Gasteiger partial charge is 0.254 e. The van der Waals surface area contributed by atoms with Crippen molar-refractivity contribution < 1.29 is 28.9 Å². The number of amides is 1. The number of carboxylic acids is 1. The van der Waals surface area contributed by atoms with Crippen LogP contribution in [0.3, 0.4) is 0 Å². The van der Waals surface area contributed by atoms with E-state index in [9.17, 15) is 14.7 Å². The summed E-state index contributed by atoms with van der Waals surface area (Å²) in [5.74, 6) is 0.00997. The normalized spacial score (nSPS) is 16.7. The molecule has 0 spiro atoms. The summed E-state index contributed by atoms with van der Waals surface area (Å²) in [6.07, 6.45) is 13.8. The Morgan fingerprint density at radius 2 is 1.48 bits per heavy atom. The van der Waals surface area contributed by atoms with Crippen LogP contribution >= 0.6 is 46.4 Å². The number of anilines is 1. The zero-order valence-electron chi connectivity index (χ0n) is 33.0. The Hall–Kier alpha value is -3.05. The van der Waals surface area contributed by atoms with Crippen molar-refractivity contribution in [2.45, 2.75) is 89.9 Å². The number of unbranched alkanes of at least 4 members (excludes halogenated alkanes) is 3. The molecule has 0 aliphatic carbocycles. The van der Waals surface area contributed by atoms with Crippen LogP contribution in [0.15, 0.2) is 12.1 Å². The summed E-state index contributed by atoms with van der Waals surface area (Å²) in [6.45, 7) is 5.81. The van der Waals surface area contributed by atoms with Crippen molar-refractivity contribution in [3.8, 4) is 11.5 Å². The van der Waals surface area contributed by atoms with E-state index in [1.165, 1.54) is 22.2 Å². The number of ether oxygens (including phenoxy) is 3. The van der Waals surface area contributed by atoms with Gasteiger partial charge in [-0.15, -0.1) is 11.6 Å². The SMILES string of the molecule is O=C(NCCOCCOCCCCCCCl)c1c(Cl)c(Cl)c(C(=O)[O-])c(C2=c3cc4c5c(c3Oc3c2cc2c6c3CCCCN6CCC2)CCCC[N+]=5CCC4)c1Cl. The number of carboxylic acid groups (broad SMARTS) is 1. The van der Waals surface area contributed by atoms with Gasteiger partial charge in [-0.3, -0.25) is 4.79 Å². The summed E-state index contributed by atoms with van der Waals surface area (Å²) < 4.78 is 21.1. The molecule has 0 saturated carbocycles. The van der Waals surface area contributed by atoms with Gasteiger partial charge in [0.15, 0.2) is 0 Å². The fraction of sp³-hybridized carbons (Fsp3) is 0.533. The molecule has 0 fully saturated rings. The molecular weight excluding hydrogens is 820 g/mol. The van der Waals surface area contributed by atoms with Gasteiger partial charge < -0.3 is 34.3 Å². The third-order valence-electron chi connectivity index (χ3n) is 12.3. The van der Waals surface area contributed by atoms with Crippen molar-refractivity contribution in [2.24, 2.45) is 0 Å². The number of benzene rings is 3. The molecule has 5 aliphatic rings. The third-order valence-corrected chi connectivity index (χ3v) is 13.8. The number of hydrogen-bond donors (Lipinski definition) is 1. The average molecular weight is 872 g/mol. The maximum absolute atomic E-state index is 14.0. The van der Waals surface area contributed by atoms with Crippen LogP contribution in [0, 0.1) is 0 Å². The van der Waals surface area contributed by atoms with Crippen LogP contribution in [0.2, 0.25) is 15.1 Å². The van der Waals surface area contributed by atoms with E-state index in [1.807, 2.05) is 0 Å². The second-order valence-corrected chi connectivity index (χ2v) is 17.5. The minimum atomic E-state index is -1.53. The highest BCUT2D eigenvalue weighted by Crippen LogP contribution is 2.51. The molecule has 0 saturated heterocycles. The lowest BCUT2D eigenvalue weighted by Gasteiger charge is -2.35. The van der Waals surface area contributed by atoms with Gasteiger partial charge in [-0.2, -0.15) is 0 Å².